The molecule has 2 heterocycles. The van der Waals surface area contributed by atoms with E-state index in [1.807, 2.05) is 0 Å². The van der Waals surface area contributed by atoms with Crippen LogP contribution in [0.2, 0.25) is 5.02 Å². The quantitative estimate of drug-likeness (QED) is 0.436. The minimum Gasteiger partial charge on any atom is -0.321 e. The van der Waals surface area contributed by atoms with Crippen molar-refractivity contribution in [3.63, 3.8) is 0 Å². The fraction of sp³-hybridized carbons (Fsp3) is 0.0500. The summed E-state index contributed by atoms with van der Waals surface area (Å²) in [5.41, 5.74) is -0.878. The van der Waals surface area contributed by atoms with Crippen LogP contribution < -0.4 is 5.32 Å². The lowest BCUT2D eigenvalue weighted by Gasteiger charge is -2.11. The number of rotatable bonds is 3. The summed E-state index contributed by atoms with van der Waals surface area (Å²) in [6.45, 7) is 0. The minimum atomic E-state index is -4.76. The second-order valence-electron chi connectivity index (χ2n) is 6.29. The number of carbonyl (C=O) groups excluding carboxylic acids is 1. The standard InChI is InChI=1S/C20H11ClF4N4O/c21-12-3-7-14(8-4-12)26-19(30)16-10-18-27-15(11-1-5-13(22)6-2-11)9-17(20(23,24)25)29(18)28-16/h1-10H,(H,26,30). The number of amides is 1. The van der Waals surface area contributed by atoms with E-state index in [-0.39, 0.29) is 22.6 Å². The molecule has 4 rings (SSSR count). The number of benzene rings is 2. The number of hydrogen-bond donors (Lipinski definition) is 1. The van der Waals surface area contributed by atoms with Crippen molar-refractivity contribution < 1.29 is 22.4 Å². The number of aromatic nitrogens is 3. The molecule has 30 heavy (non-hydrogen) atoms. The smallest absolute Gasteiger partial charge is 0.321 e. The molecule has 0 aliphatic carbocycles. The highest BCUT2D eigenvalue weighted by Gasteiger charge is 2.35. The molecule has 0 aliphatic heterocycles. The van der Waals surface area contributed by atoms with Gasteiger partial charge in [0.15, 0.2) is 17.0 Å². The van der Waals surface area contributed by atoms with Gasteiger partial charge in [-0.1, -0.05) is 11.6 Å². The molecule has 5 nitrogen and oxygen atoms in total. The topological polar surface area (TPSA) is 59.3 Å². The number of halogens is 5. The van der Waals surface area contributed by atoms with Crippen molar-refractivity contribution in [3.8, 4) is 11.3 Å². The van der Waals surface area contributed by atoms with Gasteiger partial charge in [-0.05, 0) is 54.6 Å². The fourth-order valence-corrected chi connectivity index (χ4v) is 2.91. The lowest BCUT2D eigenvalue weighted by molar-refractivity contribution is -0.142. The fourth-order valence-electron chi connectivity index (χ4n) is 2.78. The highest BCUT2D eigenvalue weighted by molar-refractivity contribution is 6.30. The number of anilines is 1. The first kappa shape index (κ1) is 19.8. The van der Waals surface area contributed by atoms with Gasteiger partial charge in [0.05, 0.1) is 5.69 Å². The maximum atomic E-state index is 13.6. The van der Waals surface area contributed by atoms with Crippen molar-refractivity contribution in [2.24, 2.45) is 0 Å². The lowest BCUT2D eigenvalue weighted by Crippen LogP contribution is -2.15. The van der Waals surface area contributed by atoms with Crippen LogP contribution in [0, 0.1) is 5.82 Å². The second kappa shape index (κ2) is 7.42. The van der Waals surface area contributed by atoms with Crippen LogP contribution in [0.15, 0.2) is 60.7 Å². The molecule has 1 amide bonds. The van der Waals surface area contributed by atoms with Crippen LogP contribution >= 0.6 is 11.6 Å². The van der Waals surface area contributed by atoms with Crippen molar-refractivity contribution in [1.82, 2.24) is 14.6 Å². The van der Waals surface area contributed by atoms with Crippen molar-refractivity contribution in [1.29, 1.82) is 0 Å². The molecule has 0 spiro atoms. The molecular weight excluding hydrogens is 424 g/mol. The maximum absolute atomic E-state index is 13.6. The van der Waals surface area contributed by atoms with E-state index in [0.29, 0.717) is 15.2 Å². The van der Waals surface area contributed by atoms with Crippen molar-refractivity contribution in [3.05, 3.63) is 82.9 Å². The van der Waals surface area contributed by atoms with Crippen LogP contribution in [0.3, 0.4) is 0 Å². The first-order valence-electron chi connectivity index (χ1n) is 8.51. The predicted octanol–water partition coefficient (Wildman–Crippen LogP) is 5.46. The van der Waals surface area contributed by atoms with Crippen LogP contribution in [-0.4, -0.2) is 20.5 Å². The molecule has 2 aromatic carbocycles. The summed E-state index contributed by atoms with van der Waals surface area (Å²) in [5.74, 6) is -1.24. The minimum absolute atomic E-state index is 0.0283. The summed E-state index contributed by atoms with van der Waals surface area (Å²) in [4.78, 5) is 16.6. The van der Waals surface area contributed by atoms with E-state index in [4.69, 9.17) is 11.6 Å². The predicted molar refractivity (Wildman–Crippen MR) is 103 cm³/mol. The van der Waals surface area contributed by atoms with E-state index < -0.39 is 23.6 Å². The van der Waals surface area contributed by atoms with Crippen LogP contribution in [0.1, 0.15) is 16.2 Å². The molecule has 0 atom stereocenters. The van der Waals surface area contributed by atoms with E-state index in [9.17, 15) is 22.4 Å². The van der Waals surface area contributed by atoms with Crippen LogP contribution in [-0.2, 0) is 6.18 Å². The molecule has 4 aromatic rings. The van der Waals surface area contributed by atoms with Gasteiger partial charge in [0.2, 0.25) is 0 Å². The van der Waals surface area contributed by atoms with E-state index in [1.165, 1.54) is 12.1 Å². The van der Waals surface area contributed by atoms with Crippen LogP contribution in [0.4, 0.5) is 23.2 Å². The third kappa shape index (κ3) is 3.97. The van der Waals surface area contributed by atoms with Gasteiger partial charge in [0, 0.05) is 22.3 Å². The Hall–Kier alpha value is -3.46. The zero-order chi connectivity index (χ0) is 21.5. The summed E-state index contributed by atoms with van der Waals surface area (Å²) in [7, 11) is 0. The van der Waals surface area contributed by atoms with Gasteiger partial charge < -0.3 is 5.32 Å². The molecule has 0 bridgehead atoms. The maximum Gasteiger partial charge on any atom is 0.433 e. The summed E-state index contributed by atoms with van der Waals surface area (Å²) in [6.07, 6.45) is -4.76. The molecule has 10 heteroatoms. The Morgan fingerprint density at radius 3 is 2.30 bits per heavy atom. The Bertz CT molecular complexity index is 1230. The Morgan fingerprint density at radius 2 is 1.67 bits per heavy atom. The lowest BCUT2D eigenvalue weighted by atomic mass is 10.1. The first-order chi connectivity index (χ1) is 14.2. The summed E-state index contributed by atoms with van der Waals surface area (Å²) in [6, 6.07) is 13.0. The van der Waals surface area contributed by atoms with Gasteiger partial charge in [0.1, 0.15) is 5.82 Å². The molecule has 152 valence electrons. The molecule has 0 unspecified atom stereocenters. The van der Waals surface area contributed by atoms with Crippen LogP contribution in [0.25, 0.3) is 16.9 Å². The molecule has 0 radical (unpaired) electrons. The highest BCUT2D eigenvalue weighted by atomic mass is 35.5. The third-order valence-corrected chi connectivity index (χ3v) is 4.44. The largest absolute Gasteiger partial charge is 0.433 e. The van der Waals surface area contributed by atoms with E-state index in [1.54, 1.807) is 24.3 Å². The van der Waals surface area contributed by atoms with Crippen molar-refractivity contribution in [2.75, 3.05) is 5.32 Å². The Kier molecular flexibility index (Phi) is 4.90. The van der Waals surface area contributed by atoms with E-state index in [2.05, 4.69) is 15.4 Å². The molecular formula is C20H11ClF4N4O. The Balaban J connectivity index is 1.77. The molecule has 2 aromatic heterocycles. The zero-order valence-corrected chi connectivity index (χ0v) is 15.7. The number of nitrogens with one attached hydrogen (secondary N) is 1. The van der Waals surface area contributed by atoms with Gasteiger partial charge in [-0.2, -0.15) is 18.3 Å². The number of nitrogens with zero attached hydrogens (tertiary/aromatic N) is 3. The van der Waals surface area contributed by atoms with Crippen molar-refractivity contribution >= 4 is 28.8 Å². The van der Waals surface area contributed by atoms with Gasteiger partial charge in [0.25, 0.3) is 5.91 Å². The van der Waals surface area contributed by atoms with Crippen molar-refractivity contribution in [2.45, 2.75) is 6.18 Å². The monoisotopic (exact) mass is 434 g/mol. The molecule has 0 fully saturated rings. The first-order valence-corrected chi connectivity index (χ1v) is 8.89. The normalized spacial score (nSPS) is 11.6. The number of carbonyl (C=O) groups is 1. The number of alkyl halides is 3. The molecule has 0 saturated carbocycles. The SMILES string of the molecule is O=C(Nc1ccc(Cl)cc1)c1cc2nc(-c3ccc(F)cc3)cc(C(F)(F)F)n2n1. The highest BCUT2D eigenvalue weighted by Crippen LogP contribution is 2.32. The van der Waals surface area contributed by atoms with E-state index in [0.717, 1.165) is 24.3 Å². The van der Waals surface area contributed by atoms with Gasteiger partial charge in [-0.3, -0.25) is 4.79 Å². The van der Waals surface area contributed by atoms with Gasteiger partial charge >= 0.3 is 6.18 Å². The molecule has 0 saturated heterocycles. The molecule has 1 N–H and O–H groups in total. The Labute approximate surface area is 171 Å². The Morgan fingerprint density at radius 1 is 1.00 bits per heavy atom. The summed E-state index contributed by atoms with van der Waals surface area (Å²) < 4.78 is 54.5. The number of hydrogen-bond acceptors (Lipinski definition) is 3. The zero-order valence-electron chi connectivity index (χ0n) is 14.9. The number of fused-ring (bicyclic) bond motifs is 1. The van der Waals surface area contributed by atoms with Gasteiger partial charge in [-0.15, -0.1) is 0 Å². The van der Waals surface area contributed by atoms with E-state index >= 15 is 0 Å². The average molecular weight is 435 g/mol. The summed E-state index contributed by atoms with van der Waals surface area (Å²) >= 11 is 5.79. The summed E-state index contributed by atoms with van der Waals surface area (Å²) in [5, 5.41) is 6.78. The third-order valence-electron chi connectivity index (χ3n) is 4.19. The molecule has 0 aliphatic rings. The van der Waals surface area contributed by atoms with Crippen LogP contribution in [0.5, 0.6) is 0 Å². The van der Waals surface area contributed by atoms with Gasteiger partial charge in [-0.25, -0.2) is 13.9 Å². The average Bonchev–Trinajstić information content (AvgIpc) is 3.13. The second-order valence-corrected chi connectivity index (χ2v) is 6.73.